The molecule has 546 valence electrons. The van der Waals surface area contributed by atoms with Crippen LogP contribution in [-0.4, -0.2) is 51.2 Å². The minimum absolute atomic E-state index is 0.0562. The van der Waals surface area contributed by atoms with Gasteiger partial charge in [-0.3, -0.25) is 24.0 Å². The molecule has 4 heterocycles. The zero-order valence-electron chi connectivity index (χ0n) is 66.8. The number of carbonyl (C=O) groups is 2. The van der Waals surface area contributed by atoms with Crippen LogP contribution in [0.5, 0.6) is 5.75 Å². The molecule has 0 bridgehead atoms. The molecule has 6 unspecified atom stereocenters. The van der Waals surface area contributed by atoms with Crippen molar-refractivity contribution in [2.45, 2.75) is 335 Å². The van der Waals surface area contributed by atoms with Gasteiger partial charge in [-0.2, -0.15) is 0 Å². The van der Waals surface area contributed by atoms with Crippen LogP contribution in [0.4, 0.5) is 0 Å². The van der Waals surface area contributed by atoms with Gasteiger partial charge < -0.3 is 4.74 Å². The molecule has 0 radical (unpaired) electrons. The van der Waals surface area contributed by atoms with Gasteiger partial charge in [-0.1, -0.05) is 262 Å². The van der Waals surface area contributed by atoms with E-state index in [0.717, 1.165) is 30.6 Å². The summed E-state index contributed by atoms with van der Waals surface area (Å²) in [5.74, 6) is 2.91. The topological polar surface area (TPSA) is 149 Å². The fraction of sp³-hybridized carbons (Fsp3) is 0.706. The summed E-state index contributed by atoms with van der Waals surface area (Å²) in [6.45, 7) is 67.8. The van der Waals surface area contributed by atoms with E-state index in [1.54, 1.807) is 22.3 Å². The third-order valence-corrected chi connectivity index (χ3v) is 24.7. The second-order valence-corrected chi connectivity index (χ2v) is 43.6. The molecule has 3 aliphatic carbocycles. The number of amides is 2. The van der Waals surface area contributed by atoms with Crippen molar-refractivity contribution in [1.29, 1.82) is 0 Å². The first kappa shape index (κ1) is 83.1. The molecule has 3 aliphatic heterocycles. The van der Waals surface area contributed by atoms with Crippen LogP contribution in [0, 0.1) is 38.4 Å². The summed E-state index contributed by atoms with van der Waals surface area (Å²) in [6.07, 6.45) is 14.8. The van der Waals surface area contributed by atoms with Gasteiger partial charge in [-0.15, -0.1) is 0 Å². The fourth-order valence-electron chi connectivity index (χ4n) is 14.9. The highest BCUT2D eigenvalue weighted by molar-refractivity contribution is 7.90. The SMILES string of the molecule is CC(C)(C)C1CCC(=O)NS1(=O)=O.CC(C)(C)C1CCS(=O)(=O)NC1=O.CC(C)(C)c1ccc2c(c1)CCC2C(C)(C)C.CC(C)(C)c1ccc2c(c1)CCCC2C(C)(C)C.CC(C)(C)c1ccc2c(c1)OCCC2C(C)(C)C.CC(C)(C)c1cnc2c(c1)CCCC2C(C)(C)C. The standard InChI is InChI=1S/C18H28.C17H27N.C17H26O.C17H26.2C8H15NO3S/c1-17(2,3)14-10-11-15-13(12-14)8-7-9-16(15)18(4,5)6;1-16(2,3)13-10-12-8-7-9-14(17(4,5)6)15(12)18-11-13;1-16(2,3)12-7-8-13-14(17(4,5)6)9-10-18-15(13)11-12;1-16(2,3)13-8-9-14-12(11-13)7-10-15(14)17(4,5)6;1-8(2,3)6-4-5-13(11,12)9-7(6)10;1-8(2,3)6-4-5-7(10)9-13(6,11)12/h10-12,16H,7-9H2,1-6H3;10-11,14H,7-9H2,1-6H3;7-8,11,14H,9-10H2,1-6H3;8-9,11,15H,7,10H2,1-6H3;2*6H,4-5H2,1-3H3,(H,9,10). The smallest absolute Gasteiger partial charge is 0.238 e. The minimum atomic E-state index is -3.43. The van der Waals surface area contributed by atoms with E-state index in [0.29, 0.717) is 52.8 Å². The number of benzene rings is 3. The van der Waals surface area contributed by atoms with Crippen molar-refractivity contribution >= 4 is 31.9 Å². The van der Waals surface area contributed by atoms with Crippen molar-refractivity contribution in [2.75, 3.05) is 12.4 Å². The Morgan fingerprint density at radius 2 is 0.794 bits per heavy atom. The average Bonchev–Trinajstić information content (AvgIpc) is 1.58. The molecule has 2 amide bonds. The Labute approximate surface area is 594 Å². The minimum Gasteiger partial charge on any atom is -0.493 e. The van der Waals surface area contributed by atoms with Crippen molar-refractivity contribution in [3.8, 4) is 5.75 Å². The zero-order valence-corrected chi connectivity index (χ0v) is 68.5. The van der Waals surface area contributed by atoms with Crippen molar-refractivity contribution < 1.29 is 31.2 Å². The van der Waals surface area contributed by atoms with Gasteiger partial charge in [0.15, 0.2) is 0 Å². The summed E-state index contributed by atoms with van der Waals surface area (Å²) < 4.78 is 55.0. The van der Waals surface area contributed by atoms with Crippen molar-refractivity contribution in [1.82, 2.24) is 14.4 Å². The fourth-order valence-corrected chi connectivity index (χ4v) is 18.0. The maximum absolute atomic E-state index is 11.5. The lowest BCUT2D eigenvalue weighted by Crippen LogP contribution is -2.48. The average molecular weight is 1380 g/mol. The summed E-state index contributed by atoms with van der Waals surface area (Å²) in [5, 5.41) is -0.460. The molecule has 12 heteroatoms. The second kappa shape index (κ2) is 30.6. The Kier molecular flexibility index (Phi) is 26.2. The van der Waals surface area contributed by atoms with Crippen molar-refractivity contribution in [2.24, 2.45) is 38.4 Å². The maximum atomic E-state index is 11.5. The Morgan fingerprint density at radius 3 is 1.23 bits per heavy atom. The number of aryl methyl sites for hydroxylation is 3. The van der Waals surface area contributed by atoms with Crippen molar-refractivity contribution in [3.63, 3.8) is 0 Å². The highest BCUT2D eigenvalue weighted by Gasteiger charge is 2.42. The number of sulfonamides is 2. The number of ether oxygens (including phenoxy) is 1. The lowest BCUT2D eigenvalue weighted by atomic mass is 9.68. The molecule has 97 heavy (non-hydrogen) atoms. The number of aromatic nitrogens is 1. The summed E-state index contributed by atoms with van der Waals surface area (Å²) in [5.41, 5.74) is 18.2. The Balaban J connectivity index is 0.000000211. The molecule has 2 fully saturated rings. The van der Waals surface area contributed by atoms with Gasteiger partial charge in [-0.05, 0) is 204 Å². The molecule has 2 saturated heterocycles. The van der Waals surface area contributed by atoms with Crippen LogP contribution in [-0.2, 0) is 70.6 Å². The molecule has 10 nitrogen and oxygen atoms in total. The molecular formula is C85H137N3O7S2. The number of hydrogen-bond acceptors (Lipinski definition) is 8. The van der Waals surface area contributed by atoms with Crippen LogP contribution in [0.3, 0.4) is 0 Å². The van der Waals surface area contributed by atoms with Gasteiger partial charge in [0.1, 0.15) is 5.75 Å². The number of pyridine rings is 1. The lowest BCUT2D eigenvalue weighted by molar-refractivity contribution is -0.127. The van der Waals surface area contributed by atoms with Crippen molar-refractivity contribution in [3.05, 3.63) is 128 Å². The molecule has 2 N–H and O–H groups in total. The Morgan fingerprint density at radius 1 is 0.392 bits per heavy atom. The van der Waals surface area contributed by atoms with E-state index in [1.807, 2.05) is 51.0 Å². The molecule has 6 atom stereocenters. The quantitative estimate of drug-likeness (QED) is 0.177. The summed E-state index contributed by atoms with van der Waals surface area (Å²) in [7, 11) is -6.75. The van der Waals surface area contributed by atoms with E-state index in [9.17, 15) is 26.4 Å². The molecule has 0 spiro atoms. The summed E-state index contributed by atoms with van der Waals surface area (Å²) in [6, 6.07) is 23.6. The van der Waals surface area contributed by atoms with Gasteiger partial charge in [0.2, 0.25) is 31.9 Å². The monoisotopic (exact) mass is 1380 g/mol. The molecule has 4 aromatic rings. The van der Waals surface area contributed by atoms with Crippen LogP contribution in [0.2, 0.25) is 0 Å². The van der Waals surface area contributed by atoms with Gasteiger partial charge >= 0.3 is 0 Å². The van der Waals surface area contributed by atoms with Crippen LogP contribution in [0.1, 0.15) is 350 Å². The van der Waals surface area contributed by atoms with E-state index >= 15 is 0 Å². The first-order valence-electron chi connectivity index (χ1n) is 36.9. The third kappa shape index (κ3) is 23.2. The number of carbonyl (C=O) groups excluding carboxylic acids is 2. The van der Waals surface area contributed by atoms with Gasteiger partial charge in [0.05, 0.1) is 17.6 Å². The van der Waals surface area contributed by atoms with E-state index < -0.39 is 25.3 Å². The molecule has 10 rings (SSSR count). The molecule has 6 aliphatic rings. The van der Waals surface area contributed by atoms with Gasteiger partial charge in [0.25, 0.3) is 0 Å². The largest absolute Gasteiger partial charge is 0.493 e. The maximum Gasteiger partial charge on any atom is 0.238 e. The number of nitrogens with zero attached hydrogens (tertiary/aromatic N) is 1. The normalized spacial score (nSPS) is 22.6. The van der Waals surface area contributed by atoms with Crippen LogP contribution >= 0.6 is 0 Å². The molecule has 1 aromatic heterocycles. The third-order valence-electron chi connectivity index (χ3n) is 21.2. The van der Waals surface area contributed by atoms with E-state index in [2.05, 4.69) is 233 Å². The highest BCUT2D eigenvalue weighted by Crippen LogP contribution is 2.49. The first-order valence-corrected chi connectivity index (χ1v) is 40.0. The number of hydrogen-bond donors (Lipinski definition) is 2. The predicted octanol–water partition coefficient (Wildman–Crippen LogP) is 21.4. The van der Waals surface area contributed by atoms with Crippen LogP contribution in [0.15, 0.2) is 66.9 Å². The summed E-state index contributed by atoms with van der Waals surface area (Å²) >= 11 is 0. The van der Waals surface area contributed by atoms with Gasteiger partial charge in [0, 0.05) is 30.1 Å². The van der Waals surface area contributed by atoms with E-state index in [-0.39, 0.29) is 56.0 Å². The molecular weight excluding hydrogens is 1240 g/mol. The van der Waals surface area contributed by atoms with Gasteiger partial charge in [-0.25, -0.2) is 16.8 Å². The Bertz CT molecular complexity index is 3360. The number of nitrogens with one attached hydrogen (secondary N) is 2. The van der Waals surface area contributed by atoms with E-state index in [1.165, 1.54) is 90.4 Å². The predicted molar refractivity (Wildman–Crippen MR) is 410 cm³/mol. The first-order chi connectivity index (χ1) is 43.7. The summed E-state index contributed by atoms with van der Waals surface area (Å²) in [4.78, 5) is 27.1. The van der Waals surface area contributed by atoms with Crippen LogP contribution in [0.25, 0.3) is 0 Å². The molecule has 3 aromatic carbocycles. The number of fused-ring (bicyclic) bond motifs is 4. The highest BCUT2D eigenvalue weighted by atomic mass is 32.2. The number of rotatable bonds is 0. The lowest BCUT2D eigenvalue weighted by Gasteiger charge is -2.36. The van der Waals surface area contributed by atoms with Crippen LogP contribution < -0.4 is 14.2 Å². The molecule has 0 saturated carbocycles. The second-order valence-electron chi connectivity index (χ2n) is 39.9. The van der Waals surface area contributed by atoms with E-state index in [4.69, 9.17) is 9.72 Å². The Hall–Kier alpha value is -4.55. The zero-order chi connectivity index (χ0) is 74.1.